The summed E-state index contributed by atoms with van der Waals surface area (Å²) in [6, 6.07) is 7.78. The van der Waals surface area contributed by atoms with Gasteiger partial charge in [-0.05, 0) is 32.1 Å². The quantitative estimate of drug-likeness (QED) is 0.730. The molecule has 1 aliphatic heterocycles. The summed E-state index contributed by atoms with van der Waals surface area (Å²) in [5.74, 6) is 0.539. The van der Waals surface area contributed by atoms with Crippen LogP contribution in [0.1, 0.15) is 12.5 Å². The number of carbonyl (C=O) groups is 1. The molecule has 2 rings (SSSR count). The molecular weight excluding hydrogens is 204 g/mol. The van der Waals surface area contributed by atoms with Crippen LogP contribution in [-0.4, -0.2) is 18.7 Å². The second-order valence-electron chi connectivity index (χ2n) is 3.92. The van der Waals surface area contributed by atoms with E-state index in [-0.39, 0.29) is 12.1 Å². The Labute approximate surface area is 94.7 Å². The summed E-state index contributed by atoms with van der Waals surface area (Å²) >= 11 is 0. The molecule has 1 aliphatic rings. The molecule has 0 amide bonds. The van der Waals surface area contributed by atoms with Crippen LogP contribution in [0.5, 0.6) is 5.75 Å². The number of carbonyl (C=O) groups excluding carboxylic acids is 1. The van der Waals surface area contributed by atoms with Gasteiger partial charge in [-0.2, -0.15) is 0 Å². The third kappa shape index (κ3) is 2.42. The zero-order valence-electron chi connectivity index (χ0n) is 9.40. The minimum absolute atomic E-state index is 0.252. The van der Waals surface area contributed by atoms with E-state index in [9.17, 15) is 4.79 Å². The van der Waals surface area contributed by atoms with E-state index >= 15 is 0 Å². The van der Waals surface area contributed by atoms with Crippen LogP contribution in [0.3, 0.4) is 0 Å². The molecule has 1 atom stereocenters. The Morgan fingerprint density at radius 2 is 1.94 bits per heavy atom. The molecule has 3 heteroatoms. The fourth-order valence-corrected chi connectivity index (χ4v) is 1.51. The summed E-state index contributed by atoms with van der Waals surface area (Å²) in [5, 5.41) is 0. The molecule has 3 nitrogen and oxygen atoms in total. The molecule has 0 spiro atoms. The molecule has 0 fully saturated rings. The number of benzene rings is 1. The summed E-state index contributed by atoms with van der Waals surface area (Å²) in [7, 11) is 0. The first-order valence-corrected chi connectivity index (χ1v) is 5.24. The minimum Gasteiger partial charge on any atom is -0.489 e. The predicted octanol–water partition coefficient (Wildman–Crippen LogP) is 2.25. The van der Waals surface area contributed by atoms with Gasteiger partial charge in [0.25, 0.3) is 0 Å². The van der Waals surface area contributed by atoms with Crippen molar-refractivity contribution in [3.63, 3.8) is 0 Å². The fourth-order valence-electron chi connectivity index (χ4n) is 1.51. The van der Waals surface area contributed by atoms with Gasteiger partial charge in [0.05, 0.1) is 0 Å². The Morgan fingerprint density at radius 1 is 1.25 bits per heavy atom. The van der Waals surface area contributed by atoms with Gasteiger partial charge in [0, 0.05) is 5.57 Å². The van der Waals surface area contributed by atoms with Gasteiger partial charge in [-0.25, -0.2) is 4.79 Å². The number of cyclic esters (lactones) is 1. The second-order valence-corrected chi connectivity index (χ2v) is 3.92. The Bertz CT molecular complexity index is 417. The van der Waals surface area contributed by atoms with Gasteiger partial charge in [0.2, 0.25) is 0 Å². The predicted molar refractivity (Wildman–Crippen MR) is 60.3 cm³/mol. The standard InChI is InChI=1S/C13H14O3/c1-9-3-5-11(6-4-9)15-8-12-7-10(2)13(14)16-12/h3-7,12H,8H2,1-2H3. The average Bonchev–Trinajstić information content (AvgIpc) is 2.58. The number of aryl methyl sites for hydroxylation is 1. The normalized spacial score (nSPS) is 19.2. The monoisotopic (exact) mass is 218 g/mol. The number of hydrogen-bond donors (Lipinski definition) is 0. The van der Waals surface area contributed by atoms with Crippen LogP contribution >= 0.6 is 0 Å². The van der Waals surface area contributed by atoms with Crippen LogP contribution in [0, 0.1) is 6.92 Å². The van der Waals surface area contributed by atoms with E-state index in [4.69, 9.17) is 9.47 Å². The van der Waals surface area contributed by atoms with Gasteiger partial charge in [-0.15, -0.1) is 0 Å². The first-order chi connectivity index (χ1) is 7.65. The van der Waals surface area contributed by atoms with Crippen molar-refractivity contribution in [1.29, 1.82) is 0 Å². The average molecular weight is 218 g/mol. The number of rotatable bonds is 3. The van der Waals surface area contributed by atoms with Crippen LogP contribution in [0.25, 0.3) is 0 Å². The lowest BCUT2D eigenvalue weighted by Gasteiger charge is -2.10. The fraction of sp³-hybridized carbons (Fsp3) is 0.308. The molecule has 16 heavy (non-hydrogen) atoms. The van der Waals surface area contributed by atoms with Crippen LogP contribution in [0.2, 0.25) is 0 Å². The summed E-state index contributed by atoms with van der Waals surface area (Å²) in [6.45, 7) is 4.13. The number of ether oxygens (including phenoxy) is 2. The van der Waals surface area contributed by atoms with Crippen LogP contribution in [-0.2, 0) is 9.53 Å². The lowest BCUT2D eigenvalue weighted by Crippen LogP contribution is -2.17. The highest BCUT2D eigenvalue weighted by Gasteiger charge is 2.22. The van der Waals surface area contributed by atoms with E-state index in [0.717, 1.165) is 5.75 Å². The molecule has 1 aromatic carbocycles. The van der Waals surface area contributed by atoms with Gasteiger partial charge in [-0.1, -0.05) is 17.7 Å². The first kappa shape index (κ1) is 10.7. The van der Waals surface area contributed by atoms with Crippen molar-refractivity contribution in [3.8, 4) is 5.75 Å². The molecule has 0 aliphatic carbocycles. The maximum atomic E-state index is 11.1. The Hall–Kier alpha value is -1.77. The number of hydrogen-bond acceptors (Lipinski definition) is 3. The summed E-state index contributed by atoms with van der Waals surface area (Å²) in [4.78, 5) is 11.1. The Kier molecular flexibility index (Phi) is 2.95. The molecule has 0 aromatic heterocycles. The Morgan fingerprint density at radius 3 is 2.50 bits per heavy atom. The lowest BCUT2D eigenvalue weighted by molar-refractivity contribution is -0.140. The molecule has 0 bridgehead atoms. The molecule has 0 N–H and O–H groups in total. The zero-order valence-corrected chi connectivity index (χ0v) is 9.40. The van der Waals surface area contributed by atoms with Crippen molar-refractivity contribution in [2.75, 3.05) is 6.61 Å². The highest BCUT2D eigenvalue weighted by molar-refractivity contribution is 5.90. The van der Waals surface area contributed by atoms with E-state index in [1.54, 1.807) is 13.0 Å². The third-order valence-corrected chi connectivity index (χ3v) is 2.45. The molecule has 0 saturated carbocycles. The van der Waals surface area contributed by atoms with Crippen LogP contribution in [0.15, 0.2) is 35.9 Å². The molecule has 1 heterocycles. The van der Waals surface area contributed by atoms with Crippen molar-refractivity contribution >= 4 is 5.97 Å². The molecule has 0 radical (unpaired) electrons. The summed E-state index contributed by atoms with van der Waals surface area (Å²) in [6.07, 6.45) is 1.53. The van der Waals surface area contributed by atoms with E-state index in [0.29, 0.717) is 12.2 Å². The van der Waals surface area contributed by atoms with Crippen molar-refractivity contribution < 1.29 is 14.3 Å². The molecule has 1 aromatic rings. The summed E-state index contributed by atoms with van der Waals surface area (Å²) in [5.41, 5.74) is 1.84. The molecule has 84 valence electrons. The second kappa shape index (κ2) is 4.39. The van der Waals surface area contributed by atoms with E-state index in [1.165, 1.54) is 5.56 Å². The highest BCUT2D eigenvalue weighted by Crippen LogP contribution is 2.16. The van der Waals surface area contributed by atoms with Gasteiger partial charge in [-0.3, -0.25) is 0 Å². The Balaban J connectivity index is 1.89. The van der Waals surface area contributed by atoms with E-state index < -0.39 is 0 Å². The molecular formula is C13H14O3. The lowest BCUT2D eigenvalue weighted by atomic mass is 10.2. The molecule has 1 unspecified atom stereocenters. The van der Waals surface area contributed by atoms with E-state index in [2.05, 4.69) is 0 Å². The van der Waals surface area contributed by atoms with Gasteiger partial charge in [0.15, 0.2) is 6.10 Å². The van der Waals surface area contributed by atoms with Gasteiger partial charge in [0.1, 0.15) is 12.4 Å². The zero-order chi connectivity index (χ0) is 11.5. The first-order valence-electron chi connectivity index (χ1n) is 5.24. The number of esters is 1. The maximum absolute atomic E-state index is 11.1. The largest absolute Gasteiger partial charge is 0.489 e. The minimum atomic E-state index is -0.256. The SMILES string of the molecule is CC1=CC(COc2ccc(C)cc2)OC1=O. The van der Waals surface area contributed by atoms with Gasteiger partial charge < -0.3 is 9.47 Å². The smallest absolute Gasteiger partial charge is 0.334 e. The topological polar surface area (TPSA) is 35.5 Å². The summed E-state index contributed by atoms with van der Waals surface area (Å²) < 4.78 is 10.6. The van der Waals surface area contributed by atoms with Gasteiger partial charge >= 0.3 is 5.97 Å². The van der Waals surface area contributed by atoms with Crippen LogP contribution < -0.4 is 4.74 Å². The van der Waals surface area contributed by atoms with Crippen molar-refractivity contribution in [2.24, 2.45) is 0 Å². The van der Waals surface area contributed by atoms with Crippen LogP contribution in [0.4, 0.5) is 0 Å². The maximum Gasteiger partial charge on any atom is 0.334 e. The van der Waals surface area contributed by atoms with Crippen molar-refractivity contribution in [1.82, 2.24) is 0 Å². The van der Waals surface area contributed by atoms with Crippen molar-refractivity contribution in [2.45, 2.75) is 20.0 Å². The van der Waals surface area contributed by atoms with E-state index in [1.807, 2.05) is 31.2 Å². The van der Waals surface area contributed by atoms with Crippen molar-refractivity contribution in [3.05, 3.63) is 41.5 Å². The molecule has 0 saturated heterocycles. The third-order valence-electron chi connectivity index (χ3n) is 2.45. The highest BCUT2D eigenvalue weighted by atomic mass is 16.6.